The normalized spacial score (nSPS) is 27.0. The standard InChI is InChI=1S/C11H20N4S2/c1-3-4-15-9(7-13-14-15)10(12)11-8(2)16-5-6-17-11/h7-8,10-11H,3-6,12H2,1-2H3. The van der Waals surface area contributed by atoms with Gasteiger partial charge in [-0.3, -0.25) is 0 Å². The Kier molecular flexibility index (Phi) is 4.76. The summed E-state index contributed by atoms with van der Waals surface area (Å²) in [6.45, 7) is 5.32. The summed E-state index contributed by atoms with van der Waals surface area (Å²) >= 11 is 4.01. The number of rotatable bonds is 4. The van der Waals surface area contributed by atoms with E-state index in [-0.39, 0.29) is 6.04 Å². The molecule has 0 amide bonds. The molecule has 96 valence electrons. The molecule has 0 aliphatic carbocycles. The number of hydrogen-bond acceptors (Lipinski definition) is 5. The zero-order chi connectivity index (χ0) is 12.3. The Morgan fingerprint density at radius 2 is 2.29 bits per heavy atom. The lowest BCUT2D eigenvalue weighted by atomic mass is 10.1. The highest BCUT2D eigenvalue weighted by Gasteiger charge is 2.30. The Bertz CT molecular complexity index is 355. The molecule has 1 saturated heterocycles. The van der Waals surface area contributed by atoms with Gasteiger partial charge in [-0.2, -0.15) is 23.5 Å². The monoisotopic (exact) mass is 272 g/mol. The van der Waals surface area contributed by atoms with E-state index >= 15 is 0 Å². The molecule has 0 radical (unpaired) electrons. The van der Waals surface area contributed by atoms with Crippen LogP contribution in [0.1, 0.15) is 32.0 Å². The maximum atomic E-state index is 6.40. The molecule has 1 aliphatic rings. The van der Waals surface area contributed by atoms with Gasteiger partial charge in [0.25, 0.3) is 0 Å². The van der Waals surface area contributed by atoms with Crippen LogP contribution in [0.15, 0.2) is 6.20 Å². The molecule has 0 spiro atoms. The highest BCUT2D eigenvalue weighted by atomic mass is 32.2. The van der Waals surface area contributed by atoms with Crippen LogP contribution in [0.25, 0.3) is 0 Å². The summed E-state index contributed by atoms with van der Waals surface area (Å²) in [7, 11) is 0. The Hall–Kier alpha value is -0.200. The lowest BCUT2D eigenvalue weighted by molar-refractivity contribution is 0.518. The van der Waals surface area contributed by atoms with Crippen LogP contribution in [0.3, 0.4) is 0 Å². The van der Waals surface area contributed by atoms with Gasteiger partial charge in [0.2, 0.25) is 0 Å². The quantitative estimate of drug-likeness (QED) is 0.907. The lowest BCUT2D eigenvalue weighted by Crippen LogP contribution is -2.35. The molecule has 3 atom stereocenters. The molecule has 1 fully saturated rings. The van der Waals surface area contributed by atoms with Crippen molar-refractivity contribution < 1.29 is 0 Å². The smallest absolute Gasteiger partial charge is 0.0766 e. The summed E-state index contributed by atoms with van der Waals surface area (Å²) in [6, 6.07) is 0.0457. The minimum Gasteiger partial charge on any atom is -0.322 e. The highest BCUT2D eigenvalue weighted by Crippen LogP contribution is 2.37. The van der Waals surface area contributed by atoms with E-state index in [9.17, 15) is 0 Å². The molecule has 0 bridgehead atoms. The number of nitrogens with two attached hydrogens (primary N) is 1. The van der Waals surface area contributed by atoms with Gasteiger partial charge in [0, 0.05) is 28.6 Å². The van der Waals surface area contributed by atoms with E-state index in [1.54, 1.807) is 0 Å². The van der Waals surface area contributed by atoms with E-state index < -0.39 is 0 Å². The average molecular weight is 272 g/mol. The largest absolute Gasteiger partial charge is 0.322 e. The molecule has 4 nitrogen and oxygen atoms in total. The van der Waals surface area contributed by atoms with Gasteiger partial charge in [-0.05, 0) is 6.42 Å². The molecule has 1 aliphatic heterocycles. The number of aromatic nitrogens is 3. The fraction of sp³-hybridized carbons (Fsp3) is 0.818. The predicted octanol–water partition coefficient (Wildman–Crippen LogP) is 1.93. The third kappa shape index (κ3) is 2.98. The summed E-state index contributed by atoms with van der Waals surface area (Å²) < 4.78 is 1.96. The molecule has 0 aromatic carbocycles. The van der Waals surface area contributed by atoms with Gasteiger partial charge in [-0.1, -0.05) is 19.1 Å². The number of thioether (sulfide) groups is 2. The van der Waals surface area contributed by atoms with Gasteiger partial charge in [0.05, 0.1) is 17.9 Å². The molecule has 2 heterocycles. The van der Waals surface area contributed by atoms with Gasteiger partial charge in [0.1, 0.15) is 0 Å². The average Bonchev–Trinajstić information content (AvgIpc) is 2.78. The first-order chi connectivity index (χ1) is 8.24. The molecule has 2 N–H and O–H groups in total. The first-order valence-corrected chi connectivity index (χ1v) is 8.21. The second kappa shape index (κ2) is 6.11. The van der Waals surface area contributed by atoms with Gasteiger partial charge >= 0.3 is 0 Å². The Balaban J connectivity index is 2.11. The van der Waals surface area contributed by atoms with Crippen molar-refractivity contribution in [1.29, 1.82) is 0 Å². The molecular formula is C11H20N4S2. The topological polar surface area (TPSA) is 56.7 Å². The number of nitrogens with zero attached hydrogens (tertiary/aromatic N) is 3. The maximum Gasteiger partial charge on any atom is 0.0766 e. The fourth-order valence-electron chi connectivity index (χ4n) is 2.12. The van der Waals surface area contributed by atoms with E-state index in [4.69, 9.17) is 5.73 Å². The minimum atomic E-state index is 0.0457. The molecule has 1 aromatic heterocycles. The second-order valence-electron chi connectivity index (χ2n) is 4.32. The molecule has 6 heteroatoms. The Morgan fingerprint density at radius 3 is 3.00 bits per heavy atom. The summed E-state index contributed by atoms with van der Waals surface area (Å²) in [5, 5.41) is 9.20. The van der Waals surface area contributed by atoms with Crippen LogP contribution in [0.5, 0.6) is 0 Å². The SMILES string of the molecule is CCCn1nncc1C(N)C1SCCSC1C. The van der Waals surface area contributed by atoms with Crippen molar-refractivity contribution in [2.45, 2.75) is 43.4 Å². The molecule has 1 aromatic rings. The Labute approximate surface area is 111 Å². The van der Waals surface area contributed by atoms with Crippen LogP contribution < -0.4 is 5.73 Å². The summed E-state index contributed by atoms with van der Waals surface area (Å²) in [6.07, 6.45) is 2.89. The minimum absolute atomic E-state index is 0.0457. The van der Waals surface area contributed by atoms with Crippen LogP contribution in [0.2, 0.25) is 0 Å². The molecule has 0 saturated carbocycles. The van der Waals surface area contributed by atoms with Crippen molar-refractivity contribution in [2.75, 3.05) is 11.5 Å². The molecule has 3 unspecified atom stereocenters. The van der Waals surface area contributed by atoms with Crippen molar-refractivity contribution in [3.05, 3.63) is 11.9 Å². The second-order valence-corrected chi connectivity index (χ2v) is 7.09. The van der Waals surface area contributed by atoms with E-state index in [1.807, 2.05) is 34.4 Å². The first-order valence-electron chi connectivity index (χ1n) is 6.11. The van der Waals surface area contributed by atoms with Crippen LogP contribution in [0.4, 0.5) is 0 Å². The number of hydrogen-bond donors (Lipinski definition) is 1. The van der Waals surface area contributed by atoms with Crippen molar-refractivity contribution in [3.63, 3.8) is 0 Å². The lowest BCUT2D eigenvalue weighted by Gasteiger charge is -2.32. The summed E-state index contributed by atoms with van der Waals surface area (Å²) in [5.41, 5.74) is 7.48. The van der Waals surface area contributed by atoms with E-state index in [1.165, 1.54) is 11.5 Å². The van der Waals surface area contributed by atoms with Gasteiger partial charge in [0.15, 0.2) is 0 Å². The van der Waals surface area contributed by atoms with Gasteiger partial charge in [-0.15, -0.1) is 5.10 Å². The highest BCUT2D eigenvalue weighted by molar-refractivity contribution is 8.07. The fourth-order valence-corrected chi connectivity index (χ4v) is 4.98. The maximum absolute atomic E-state index is 6.40. The van der Waals surface area contributed by atoms with Crippen LogP contribution in [0, 0.1) is 0 Å². The van der Waals surface area contributed by atoms with Crippen LogP contribution in [-0.2, 0) is 6.54 Å². The molecule has 2 rings (SSSR count). The molecular weight excluding hydrogens is 252 g/mol. The zero-order valence-corrected chi connectivity index (χ0v) is 12.0. The van der Waals surface area contributed by atoms with Crippen molar-refractivity contribution in [1.82, 2.24) is 15.0 Å². The van der Waals surface area contributed by atoms with Crippen molar-refractivity contribution in [2.24, 2.45) is 5.73 Å². The summed E-state index contributed by atoms with van der Waals surface area (Å²) in [4.78, 5) is 0. The van der Waals surface area contributed by atoms with Gasteiger partial charge < -0.3 is 5.73 Å². The Morgan fingerprint density at radius 1 is 1.53 bits per heavy atom. The summed E-state index contributed by atoms with van der Waals surface area (Å²) in [5.74, 6) is 2.43. The third-order valence-electron chi connectivity index (χ3n) is 3.02. The third-order valence-corrected chi connectivity index (χ3v) is 6.23. The van der Waals surface area contributed by atoms with E-state index in [0.717, 1.165) is 18.7 Å². The van der Waals surface area contributed by atoms with Crippen LogP contribution >= 0.6 is 23.5 Å². The van der Waals surface area contributed by atoms with Crippen LogP contribution in [-0.4, -0.2) is 37.0 Å². The van der Waals surface area contributed by atoms with Crippen molar-refractivity contribution in [3.8, 4) is 0 Å². The predicted molar refractivity (Wildman–Crippen MR) is 75.4 cm³/mol. The van der Waals surface area contributed by atoms with E-state index in [0.29, 0.717) is 10.5 Å². The molecule has 17 heavy (non-hydrogen) atoms. The first kappa shape index (κ1) is 13.2. The number of aryl methyl sites for hydroxylation is 1. The van der Waals surface area contributed by atoms with Crippen molar-refractivity contribution >= 4 is 23.5 Å². The van der Waals surface area contributed by atoms with E-state index in [2.05, 4.69) is 24.2 Å². The van der Waals surface area contributed by atoms with Gasteiger partial charge in [-0.25, -0.2) is 4.68 Å². The zero-order valence-electron chi connectivity index (χ0n) is 10.4.